The largest absolute Gasteiger partial charge is 0.493 e. The smallest absolute Gasteiger partial charge is 0.307 e. The van der Waals surface area contributed by atoms with Crippen LogP contribution in [0.2, 0.25) is 5.02 Å². The number of halogens is 2. The summed E-state index contributed by atoms with van der Waals surface area (Å²) in [6, 6.07) is 11.0. The maximum Gasteiger partial charge on any atom is 0.307 e. The van der Waals surface area contributed by atoms with Crippen LogP contribution in [0.4, 0.5) is 0 Å². The summed E-state index contributed by atoms with van der Waals surface area (Å²) >= 11 is 9.65. The first kappa shape index (κ1) is 22.8. The highest BCUT2D eigenvalue weighted by molar-refractivity contribution is 9.10. The van der Waals surface area contributed by atoms with Crippen LogP contribution in [0.1, 0.15) is 17.5 Å². The Morgan fingerprint density at radius 1 is 1.21 bits per heavy atom. The van der Waals surface area contributed by atoms with Crippen LogP contribution in [0.5, 0.6) is 11.5 Å². The molecule has 2 aromatic carbocycles. The zero-order valence-corrected chi connectivity index (χ0v) is 18.4. The zero-order chi connectivity index (χ0) is 21.2. The minimum Gasteiger partial charge on any atom is -0.493 e. The molecule has 0 unspecified atom stereocenters. The number of hydrogen-bond acceptors (Lipinski definition) is 5. The summed E-state index contributed by atoms with van der Waals surface area (Å²) in [6.45, 7) is 0.490. The van der Waals surface area contributed by atoms with Gasteiger partial charge in [-0.25, -0.2) is 0 Å². The first-order chi connectivity index (χ1) is 13.9. The number of amides is 1. The van der Waals surface area contributed by atoms with Crippen LogP contribution in [-0.2, 0) is 20.9 Å². The number of benzene rings is 2. The van der Waals surface area contributed by atoms with Crippen molar-refractivity contribution in [2.24, 2.45) is 0 Å². The van der Waals surface area contributed by atoms with Gasteiger partial charge in [0, 0.05) is 23.2 Å². The second-order valence-corrected chi connectivity index (χ2v) is 7.13. The molecule has 29 heavy (non-hydrogen) atoms. The first-order valence-electron chi connectivity index (χ1n) is 8.71. The average molecular weight is 483 g/mol. The van der Waals surface area contributed by atoms with Gasteiger partial charge < -0.3 is 19.5 Å². The lowest BCUT2D eigenvalue weighted by Gasteiger charge is -2.14. The van der Waals surface area contributed by atoms with Crippen LogP contribution in [0.15, 0.2) is 46.9 Å². The molecule has 0 atom stereocenters. The van der Waals surface area contributed by atoms with E-state index < -0.39 is 0 Å². The van der Waals surface area contributed by atoms with E-state index >= 15 is 0 Å². The third-order valence-electron chi connectivity index (χ3n) is 3.86. The van der Waals surface area contributed by atoms with Crippen molar-refractivity contribution in [1.82, 2.24) is 5.32 Å². The quantitative estimate of drug-likeness (QED) is 0.424. The van der Waals surface area contributed by atoms with E-state index in [-0.39, 0.29) is 31.4 Å². The van der Waals surface area contributed by atoms with Crippen molar-refractivity contribution < 1.29 is 23.8 Å². The summed E-state index contributed by atoms with van der Waals surface area (Å²) in [5.74, 6) is 0.350. The van der Waals surface area contributed by atoms with Crippen LogP contribution >= 0.6 is 27.5 Å². The van der Waals surface area contributed by atoms with Gasteiger partial charge in [-0.2, -0.15) is 0 Å². The van der Waals surface area contributed by atoms with E-state index in [1.165, 1.54) is 20.3 Å². The van der Waals surface area contributed by atoms with Crippen molar-refractivity contribution in [2.75, 3.05) is 20.8 Å². The van der Waals surface area contributed by atoms with E-state index in [4.69, 9.17) is 21.1 Å². The first-order valence-corrected chi connectivity index (χ1v) is 9.88. The van der Waals surface area contributed by atoms with E-state index in [0.717, 1.165) is 11.1 Å². The molecule has 154 valence electrons. The lowest BCUT2D eigenvalue weighted by atomic mass is 10.2. The molecule has 0 aliphatic heterocycles. The molecule has 0 aliphatic rings. The molecule has 0 fully saturated rings. The second kappa shape index (κ2) is 11.5. The van der Waals surface area contributed by atoms with Gasteiger partial charge in [0.25, 0.3) is 0 Å². The molecule has 6 nitrogen and oxygen atoms in total. The molecule has 0 saturated heterocycles. The van der Waals surface area contributed by atoms with E-state index in [0.29, 0.717) is 21.0 Å². The van der Waals surface area contributed by atoms with Crippen LogP contribution in [0.25, 0.3) is 6.08 Å². The minimum absolute atomic E-state index is 0.118. The average Bonchev–Trinajstić information content (AvgIpc) is 2.72. The van der Waals surface area contributed by atoms with Gasteiger partial charge in [-0.1, -0.05) is 29.8 Å². The molecule has 0 aliphatic carbocycles. The third kappa shape index (κ3) is 7.11. The van der Waals surface area contributed by atoms with Gasteiger partial charge in [0.05, 0.1) is 25.1 Å². The number of carbonyl (C=O) groups excluding carboxylic acids is 2. The van der Waals surface area contributed by atoms with E-state index in [1.807, 2.05) is 24.3 Å². The molecular weight excluding hydrogens is 462 g/mol. The molecule has 0 bridgehead atoms. The number of methoxy groups -OCH3 is 2. The summed E-state index contributed by atoms with van der Waals surface area (Å²) in [5, 5.41) is 3.24. The maximum absolute atomic E-state index is 11.9. The van der Waals surface area contributed by atoms with Gasteiger partial charge >= 0.3 is 5.97 Å². The van der Waals surface area contributed by atoms with Gasteiger partial charge in [-0.15, -0.1) is 0 Å². The predicted molar refractivity (Wildman–Crippen MR) is 115 cm³/mol. The number of hydrogen-bond donors (Lipinski definition) is 1. The molecule has 0 saturated carbocycles. The highest BCUT2D eigenvalue weighted by Crippen LogP contribution is 2.37. The topological polar surface area (TPSA) is 73.9 Å². The Balaban J connectivity index is 2.04. The molecule has 0 radical (unpaired) electrons. The molecule has 0 aromatic heterocycles. The van der Waals surface area contributed by atoms with Crippen LogP contribution < -0.4 is 14.8 Å². The molecule has 2 rings (SSSR count). The van der Waals surface area contributed by atoms with Gasteiger partial charge in [0.2, 0.25) is 5.91 Å². The summed E-state index contributed by atoms with van der Waals surface area (Å²) in [6.07, 6.45) is 3.13. The van der Waals surface area contributed by atoms with Crippen molar-refractivity contribution in [3.63, 3.8) is 0 Å². The Bertz CT molecular complexity index is 901. The van der Waals surface area contributed by atoms with Crippen molar-refractivity contribution in [2.45, 2.75) is 13.0 Å². The summed E-state index contributed by atoms with van der Waals surface area (Å²) in [4.78, 5) is 22.9. The third-order valence-corrected chi connectivity index (χ3v) is 4.82. The lowest BCUT2D eigenvalue weighted by Crippen LogP contribution is -2.24. The fraction of sp³-hybridized carbons (Fsp3) is 0.238. The molecular formula is C21H21BrClNO5. The highest BCUT2D eigenvalue weighted by Gasteiger charge is 2.12. The second-order valence-electron chi connectivity index (χ2n) is 5.86. The van der Waals surface area contributed by atoms with Crippen LogP contribution in [0.3, 0.4) is 0 Å². The number of nitrogens with one attached hydrogen (secondary N) is 1. The number of ether oxygens (including phenoxy) is 3. The maximum atomic E-state index is 11.9. The number of rotatable bonds is 9. The van der Waals surface area contributed by atoms with Gasteiger partial charge in [0.1, 0.15) is 6.61 Å². The Morgan fingerprint density at radius 2 is 1.97 bits per heavy atom. The minimum atomic E-state index is -0.379. The summed E-state index contributed by atoms with van der Waals surface area (Å²) < 4.78 is 16.5. The fourth-order valence-corrected chi connectivity index (χ4v) is 3.13. The molecule has 0 spiro atoms. The molecule has 1 N–H and O–H groups in total. The lowest BCUT2D eigenvalue weighted by molar-refractivity contribution is -0.140. The highest BCUT2D eigenvalue weighted by atomic mass is 79.9. The van der Waals surface area contributed by atoms with Crippen molar-refractivity contribution in [3.05, 3.63) is 63.1 Å². The predicted octanol–water partition coefficient (Wildman–Crippen LogP) is 4.38. The van der Waals surface area contributed by atoms with Crippen LogP contribution in [0, 0.1) is 0 Å². The normalized spacial score (nSPS) is 10.6. The Kier molecular flexibility index (Phi) is 9.02. The van der Waals surface area contributed by atoms with Crippen molar-refractivity contribution in [1.29, 1.82) is 0 Å². The van der Waals surface area contributed by atoms with Crippen LogP contribution in [-0.4, -0.2) is 32.6 Å². The fourth-order valence-electron chi connectivity index (χ4n) is 2.36. The van der Waals surface area contributed by atoms with Gasteiger partial charge in [0.15, 0.2) is 11.5 Å². The number of esters is 1. The SMILES string of the molecule is COC(=O)CCNC(=O)/C=C/c1cc(Br)c(OCc2ccccc2Cl)c(OC)c1. The van der Waals surface area contributed by atoms with Crippen molar-refractivity contribution in [3.8, 4) is 11.5 Å². The van der Waals surface area contributed by atoms with E-state index in [2.05, 4.69) is 26.0 Å². The Morgan fingerprint density at radius 3 is 2.66 bits per heavy atom. The Labute approximate surface area is 182 Å². The summed E-state index contributed by atoms with van der Waals surface area (Å²) in [5.41, 5.74) is 1.60. The van der Waals surface area contributed by atoms with E-state index in [9.17, 15) is 9.59 Å². The molecule has 8 heteroatoms. The van der Waals surface area contributed by atoms with Gasteiger partial charge in [-0.3, -0.25) is 9.59 Å². The summed E-state index contributed by atoms with van der Waals surface area (Å²) in [7, 11) is 2.84. The standard InChI is InChI=1S/C21H21BrClNO5/c1-27-18-12-14(7-8-19(25)24-10-9-20(26)28-2)11-16(22)21(18)29-13-15-5-3-4-6-17(15)23/h3-8,11-12H,9-10,13H2,1-2H3,(H,24,25)/b8-7+. The monoisotopic (exact) mass is 481 g/mol. The van der Waals surface area contributed by atoms with Gasteiger partial charge in [-0.05, 0) is 45.8 Å². The Hall–Kier alpha value is -2.51. The zero-order valence-electron chi connectivity index (χ0n) is 16.0. The molecule has 0 heterocycles. The molecule has 1 amide bonds. The van der Waals surface area contributed by atoms with Crippen molar-refractivity contribution >= 4 is 45.5 Å². The van der Waals surface area contributed by atoms with E-state index in [1.54, 1.807) is 18.2 Å². The molecule has 2 aromatic rings. The number of carbonyl (C=O) groups is 2.